The molecule has 2 aromatic rings. The van der Waals surface area contributed by atoms with Gasteiger partial charge in [0.2, 0.25) is 0 Å². The van der Waals surface area contributed by atoms with Crippen molar-refractivity contribution in [3.05, 3.63) is 30.1 Å². The Morgan fingerprint density at radius 2 is 2.21 bits per heavy atom. The Balaban J connectivity index is 2.29. The summed E-state index contributed by atoms with van der Waals surface area (Å²) in [4.78, 5) is 15.3. The van der Waals surface area contributed by atoms with E-state index in [1.165, 1.54) is 12.3 Å². The van der Waals surface area contributed by atoms with Crippen LogP contribution < -0.4 is 16.8 Å². The van der Waals surface area contributed by atoms with E-state index >= 15 is 0 Å². The fourth-order valence-corrected chi connectivity index (χ4v) is 1.61. The summed E-state index contributed by atoms with van der Waals surface area (Å²) in [5.41, 5.74) is 11.6. The van der Waals surface area contributed by atoms with Crippen molar-refractivity contribution < 1.29 is 4.79 Å². The molecular weight excluding hydrogens is 244 g/mol. The van der Waals surface area contributed by atoms with Crippen molar-refractivity contribution in [3.63, 3.8) is 0 Å². The SMILES string of the molecule is CC(C)n1ccc(Nc2cnc(N)cc2C(N)=O)n1. The lowest BCUT2D eigenvalue weighted by Gasteiger charge is -2.08. The van der Waals surface area contributed by atoms with E-state index in [4.69, 9.17) is 11.5 Å². The first-order valence-electron chi connectivity index (χ1n) is 5.85. The summed E-state index contributed by atoms with van der Waals surface area (Å²) in [6.07, 6.45) is 3.31. The van der Waals surface area contributed by atoms with Gasteiger partial charge in [-0.25, -0.2) is 4.98 Å². The first kappa shape index (κ1) is 12.9. The predicted octanol–water partition coefficient (Wildman–Crippen LogP) is 1.28. The normalized spacial score (nSPS) is 10.7. The number of hydrogen-bond donors (Lipinski definition) is 3. The standard InChI is InChI=1S/C12H16N6O/c1-7(2)18-4-3-11(17-18)16-9-6-15-10(13)5-8(9)12(14)19/h3-7H,1-2H3,(H2,13,15)(H2,14,19)(H,16,17). The molecule has 0 spiro atoms. The van der Waals surface area contributed by atoms with Crippen LogP contribution in [0.3, 0.4) is 0 Å². The maximum Gasteiger partial charge on any atom is 0.251 e. The van der Waals surface area contributed by atoms with Crippen molar-refractivity contribution >= 4 is 23.2 Å². The lowest BCUT2D eigenvalue weighted by Crippen LogP contribution is -2.14. The minimum atomic E-state index is -0.570. The van der Waals surface area contributed by atoms with Crippen LogP contribution in [0.25, 0.3) is 0 Å². The van der Waals surface area contributed by atoms with Gasteiger partial charge in [0, 0.05) is 18.3 Å². The minimum absolute atomic E-state index is 0.243. The van der Waals surface area contributed by atoms with Crippen LogP contribution in [-0.4, -0.2) is 20.7 Å². The van der Waals surface area contributed by atoms with Gasteiger partial charge in [0.25, 0.3) is 5.91 Å². The van der Waals surface area contributed by atoms with E-state index in [2.05, 4.69) is 15.4 Å². The van der Waals surface area contributed by atoms with Gasteiger partial charge >= 0.3 is 0 Å². The van der Waals surface area contributed by atoms with Gasteiger partial charge in [-0.1, -0.05) is 0 Å². The number of anilines is 3. The molecule has 1 amide bonds. The number of nitrogen functional groups attached to an aromatic ring is 1. The fourth-order valence-electron chi connectivity index (χ4n) is 1.61. The van der Waals surface area contributed by atoms with Crippen molar-refractivity contribution in [2.24, 2.45) is 5.73 Å². The van der Waals surface area contributed by atoms with Crippen LogP contribution >= 0.6 is 0 Å². The molecule has 0 saturated carbocycles. The van der Waals surface area contributed by atoms with Crippen molar-refractivity contribution in [2.75, 3.05) is 11.1 Å². The molecule has 5 N–H and O–H groups in total. The molecule has 0 aliphatic rings. The van der Waals surface area contributed by atoms with Crippen LogP contribution in [-0.2, 0) is 0 Å². The summed E-state index contributed by atoms with van der Waals surface area (Å²) in [6, 6.07) is 3.50. The van der Waals surface area contributed by atoms with Gasteiger partial charge < -0.3 is 16.8 Å². The van der Waals surface area contributed by atoms with Crippen molar-refractivity contribution in [2.45, 2.75) is 19.9 Å². The Bertz CT molecular complexity index is 604. The summed E-state index contributed by atoms with van der Waals surface area (Å²) >= 11 is 0. The van der Waals surface area contributed by atoms with Gasteiger partial charge in [-0.05, 0) is 19.9 Å². The van der Waals surface area contributed by atoms with E-state index in [9.17, 15) is 4.79 Å². The number of nitrogens with one attached hydrogen (secondary N) is 1. The number of hydrogen-bond acceptors (Lipinski definition) is 5. The molecular formula is C12H16N6O. The Kier molecular flexibility index (Phi) is 3.37. The van der Waals surface area contributed by atoms with E-state index in [0.29, 0.717) is 11.5 Å². The monoisotopic (exact) mass is 260 g/mol. The highest BCUT2D eigenvalue weighted by Crippen LogP contribution is 2.20. The molecule has 0 saturated heterocycles. The third-order valence-corrected chi connectivity index (χ3v) is 2.59. The molecule has 0 bridgehead atoms. The van der Waals surface area contributed by atoms with E-state index in [1.807, 2.05) is 20.0 Å². The van der Waals surface area contributed by atoms with E-state index in [0.717, 1.165) is 0 Å². The summed E-state index contributed by atoms with van der Waals surface area (Å²) in [6.45, 7) is 4.05. The molecule has 0 aliphatic carbocycles. The van der Waals surface area contributed by atoms with Gasteiger partial charge in [-0.3, -0.25) is 9.48 Å². The summed E-state index contributed by atoms with van der Waals surface area (Å²) in [5.74, 6) is 0.287. The second kappa shape index (κ2) is 4.97. The highest BCUT2D eigenvalue weighted by Gasteiger charge is 2.11. The number of carbonyl (C=O) groups is 1. The first-order chi connectivity index (χ1) is 8.97. The average molecular weight is 260 g/mol. The first-order valence-corrected chi connectivity index (χ1v) is 5.85. The van der Waals surface area contributed by atoms with E-state index in [1.54, 1.807) is 10.7 Å². The predicted molar refractivity (Wildman–Crippen MR) is 73.1 cm³/mol. The lowest BCUT2D eigenvalue weighted by molar-refractivity contribution is 0.100. The van der Waals surface area contributed by atoms with Gasteiger partial charge in [0.15, 0.2) is 5.82 Å². The van der Waals surface area contributed by atoms with Crippen LogP contribution in [0.2, 0.25) is 0 Å². The summed E-state index contributed by atoms with van der Waals surface area (Å²) in [7, 11) is 0. The molecule has 2 heterocycles. The van der Waals surface area contributed by atoms with Crippen LogP contribution in [0.4, 0.5) is 17.3 Å². The summed E-state index contributed by atoms with van der Waals surface area (Å²) in [5, 5.41) is 7.33. The number of nitrogens with zero attached hydrogens (tertiary/aromatic N) is 3. The number of pyridine rings is 1. The minimum Gasteiger partial charge on any atom is -0.384 e. The maximum atomic E-state index is 11.4. The van der Waals surface area contributed by atoms with Crippen molar-refractivity contribution in [1.29, 1.82) is 0 Å². The molecule has 2 rings (SSSR count). The van der Waals surface area contributed by atoms with E-state index in [-0.39, 0.29) is 17.4 Å². The van der Waals surface area contributed by atoms with Crippen molar-refractivity contribution in [1.82, 2.24) is 14.8 Å². The van der Waals surface area contributed by atoms with Gasteiger partial charge in [0.1, 0.15) is 5.82 Å². The number of rotatable bonds is 4. The molecule has 2 aromatic heterocycles. The quantitative estimate of drug-likeness (QED) is 0.766. The zero-order chi connectivity index (χ0) is 14.0. The topological polar surface area (TPSA) is 112 Å². The molecule has 0 radical (unpaired) electrons. The van der Waals surface area contributed by atoms with Gasteiger partial charge in [-0.2, -0.15) is 5.10 Å². The Morgan fingerprint density at radius 3 is 2.79 bits per heavy atom. The largest absolute Gasteiger partial charge is 0.384 e. The third-order valence-electron chi connectivity index (χ3n) is 2.59. The van der Waals surface area contributed by atoms with Crippen LogP contribution in [0.15, 0.2) is 24.5 Å². The van der Waals surface area contributed by atoms with Gasteiger partial charge in [0.05, 0.1) is 17.4 Å². The van der Waals surface area contributed by atoms with Gasteiger partial charge in [-0.15, -0.1) is 0 Å². The van der Waals surface area contributed by atoms with Crippen molar-refractivity contribution in [3.8, 4) is 0 Å². The maximum absolute atomic E-state index is 11.4. The highest BCUT2D eigenvalue weighted by atomic mass is 16.1. The van der Waals surface area contributed by atoms with Crippen LogP contribution in [0.1, 0.15) is 30.2 Å². The molecule has 0 unspecified atom stereocenters. The molecule has 19 heavy (non-hydrogen) atoms. The highest BCUT2D eigenvalue weighted by molar-refractivity contribution is 5.99. The zero-order valence-electron chi connectivity index (χ0n) is 10.8. The second-order valence-corrected chi connectivity index (χ2v) is 4.42. The number of carbonyl (C=O) groups excluding carboxylic acids is 1. The zero-order valence-corrected chi connectivity index (χ0v) is 10.8. The molecule has 100 valence electrons. The van der Waals surface area contributed by atoms with E-state index < -0.39 is 5.91 Å². The molecule has 7 heteroatoms. The Morgan fingerprint density at radius 1 is 1.47 bits per heavy atom. The Labute approximate surface area is 110 Å². The number of nitrogens with two attached hydrogens (primary N) is 2. The third kappa shape index (κ3) is 2.82. The Hall–Kier alpha value is -2.57. The average Bonchev–Trinajstić information content (AvgIpc) is 2.80. The van der Waals surface area contributed by atoms with Crippen LogP contribution in [0.5, 0.6) is 0 Å². The number of amides is 1. The summed E-state index contributed by atoms with van der Waals surface area (Å²) < 4.78 is 1.80. The second-order valence-electron chi connectivity index (χ2n) is 4.42. The molecule has 0 aromatic carbocycles. The number of primary amides is 1. The molecule has 0 aliphatic heterocycles. The van der Waals surface area contributed by atoms with Crippen LogP contribution in [0, 0.1) is 0 Å². The smallest absolute Gasteiger partial charge is 0.251 e. The molecule has 0 atom stereocenters. The molecule has 0 fully saturated rings. The lowest BCUT2D eigenvalue weighted by atomic mass is 10.2. The fraction of sp³-hybridized carbons (Fsp3) is 0.250. The molecule has 7 nitrogen and oxygen atoms in total. The number of aromatic nitrogens is 3.